The second-order valence-corrected chi connectivity index (χ2v) is 7.52. The first-order valence-electron chi connectivity index (χ1n) is 8.22. The first kappa shape index (κ1) is 26.4. The number of hydrogen-bond acceptors (Lipinski definition) is 9. The van der Waals surface area contributed by atoms with Crippen LogP contribution in [0.15, 0.2) is 17.0 Å². The molecular weight excluding hydrogens is 481 g/mol. The molecule has 1 aromatic carbocycles. The fourth-order valence-corrected chi connectivity index (χ4v) is 3.25. The molecule has 32 heavy (non-hydrogen) atoms. The van der Waals surface area contributed by atoms with Gasteiger partial charge in [-0.1, -0.05) is 0 Å². The Kier molecular flexibility index (Phi) is 8.20. The monoisotopic (exact) mass is 491 g/mol. The van der Waals surface area contributed by atoms with Crippen LogP contribution in [0.1, 0.15) is 0 Å². The largest absolute Gasteiger partial charge is 1.00 e. The molecule has 2 aliphatic heterocycles. The van der Waals surface area contributed by atoms with Gasteiger partial charge in [-0.15, -0.1) is 0 Å². The Balaban J connectivity index is 0.00000363. The van der Waals surface area contributed by atoms with Gasteiger partial charge in [0.2, 0.25) is 17.4 Å². The smallest absolute Gasteiger partial charge is 0.744 e. The number of carbonyl (C=O) groups is 3. The first-order chi connectivity index (χ1) is 14.4. The molecule has 2 aliphatic rings. The van der Waals surface area contributed by atoms with Gasteiger partial charge < -0.3 is 18.8 Å². The average Bonchev–Trinajstić information content (AvgIpc) is 3.01. The quantitative estimate of drug-likeness (QED) is 0.0801. The third-order valence-corrected chi connectivity index (χ3v) is 5.03. The van der Waals surface area contributed by atoms with E-state index in [1.807, 2.05) is 0 Å². The number of hydrogen-bond donors (Lipinski definition) is 0. The molecule has 0 saturated carbocycles. The van der Waals surface area contributed by atoms with E-state index in [9.17, 15) is 44.9 Å². The van der Waals surface area contributed by atoms with Crippen LogP contribution < -0.4 is 34.3 Å². The fraction of sp³-hybridized carbons (Fsp3) is 0.312. The number of halogens is 4. The first-order valence-corrected chi connectivity index (χ1v) is 9.63. The summed E-state index contributed by atoms with van der Waals surface area (Å²) >= 11 is 0. The minimum Gasteiger partial charge on any atom is -0.744 e. The van der Waals surface area contributed by atoms with Crippen molar-refractivity contribution in [2.75, 3.05) is 19.8 Å². The van der Waals surface area contributed by atoms with Gasteiger partial charge in [0.25, 0.3) is 11.8 Å². The summed E-state index contributed by atoms with van der Waals surface area (Å²) in [5.74, 6) is -15.8. The molecule has 0 aromatic heterocycles. The molecule has 10 nitrogen and oxygen atoms in total. The molecule has 168 valence electrons. The maximum Gasteiger partial charge on any atom is 1.00 e. The van der Waals surface area contributed by atoms with E-state index in [4.69, 9.17) is 9.47 Å². The van der Waals surface area contributed by atoms with E-state index in [-0.39, 0.29) is 36.1 Å². The standard InChI is InChI=1S/C16H11F4NO9S.Na/c17-10-12(19)15(31(25,26)27)13(20)11(18)14(10)30-16(24)6-4-28-9(29-5-6)3-21-7(22)1-2-8(21)23;/h1-2,6,9H,3-5H2,(H,25,26,27);/q;+1/p-1. The number of imide groups is 1. The molecule has 1 saturated heterocycles. The number of nitrogens with zero attached hydrogens (tertiary/aromatic N) is 1. The van der Waals surface area contributed by atoms with Crippen molar-refractivity contribution >= 4 is 27.9 Å². The second-order valence-electron chi connectivity index (χ2n) is 6.20. The van der Waals surface area contributed by atoms with Gasteiger partial charge >= 0.3 is 35.5 Å². The Morgan fingerprint density at radius 2 is 1.50 bits per heavy atom. The molecule has 3 rings (SSSR count). The van der Waals surface area contributed by atoms with E-state index >= 15 is 0 Å². The van der Waals surface area contributed by atoms with Gasteiger partial charge in [0.05, 0.1) is 19.8 Å². The van der Waals surface area contributed by atoms with Crippen molar-refractivity contribution in [3.05, 3.63) is 35.4 Å². The zero-order valence-electron chi connectivity index (χ0n) is 16.0. The third-order valence-electron chi connectivity index (χ3n) is 4.17. The topological polar surface area (TPSA) is 139 Å². The number of ether oxygens (including phenoxy) is 3. The number of amides is 2. The van der Waals surface area contributed by atoms with E-state index in [1.165, 1.54) is 0 Å². The van der Waals surface area contributed by atoms with E-state index in [2.05, 4.69) is 4.74 Å². The van der Waals surface area contributed by atoms with Gasteiger partial charge in [-0.2, -0.15) is 8.78 Å². The van der Waals surface area contributed by atoms with Crippen LogP contribution in [0, 0.1) is 29.2 Å². The zero-order valence-corrected chi connectivity index (χ0v) is 18.8. The fourth-order valence-electron chi connectivity index (χ4n) is 2.63. The summed E-state index contributed by atoms with van der Waals surface area (Å²) in [5, 5.41) is 0. The van der Waals surface area contributed by atoms with Crippen LogP contribution in [-0.2, 0) is 34.0 Å². The van der Waals surface area contributed by atoms with E-state index in [1.54, 1.807) is 0 Å². The Bertz CT molecular complexity index is 1060. The van der Waals surface area contributed by atoms with Crippen molar-refractivity contribution in [2.45, 2.75) is 11.2 Å². The van der Waals surface area contributed by atoms with Crippen molar-refractivity contribution < 1.29 is 88.7 Å². The molecular formula is C16H10F4NNaO9S. The maximum absolute atomic E-state index is 13.9. The van der Waals surface area contributed by atoms with Gasteiger partial charge in [0, 0.05) is 12.2 Å². The van der Waals surface area contributed by atoms with Crippen molar-refractivity contribution in [2.24, 2.45) is 5.92 Å². The average molecular weight is 491 g/mol. The van der Waals surface area contributed by atoms with Gasteiger partial charge in [0.1, 0.15) is 20.9 Å². The maximum atomic E-state index is 13.9. The van der Waals surface area contributed by atoms with Crippen LogP contribution >= 0.6 is 0 Å². The SMILES string of the molecule is O=C(Oc1c(F)c(F)c(S(=O)(=O)[O-])c(F)c1F)C1COC(CN2C(=O)C=CC2=O)OC1.[Na+]. The van der Waals surface area contributed by atoms with Crippen LogP contribution in [0.5, 0.6) is 5.75 Å². The molecule has 16 heteroatoms. The molecule has 1 aromatic rings. The van der Waals surface area contributed by atoms with Crippen LogP contribution in [0.3, 0.4) is 0 Å². The van der Waals surface area contributed by atoms with Crippen LogP contribution in [0.2, 0.25) is 0 Å². The van der Waals surface area contributed by atoms with Gasteiger partial charge in [0.15, 0.2) is 17.9 Å². The molecule has 2 heterocycles. The van der Waals surface area contributed by atoms with Crippen LogP contribution in [0.25, 0.3) is 0 Å². The molecule has 0 aliphatic carbocycles. The van der Waals surface area contributed by atoms with Crippen LogP contribution in [0.4, 0.5) is 17.6 Å². The van der Waals surface area contributed by atoms with Crippen molar-refractivity contribution in [1.82, 2.24) is 4.90 Å². The number of rotatable bonds is 5. The Labute approximate surface area is 199 Å². The van der Waals surface area contributed by atoms with Crippen molar-refractivity contribution in [3.8, 4) is 5.75 Å². The Morgan fingerprint density at radius 1 is 1.03 bits per heavy atom. The summed E-state index contributed by atoms with van der Waals surface area (Å²) in [5.41, 5.74) is 0. The molecule has 0 atom stereocenters. The third kappa shape index (κ3) is 5.19. The predicted octanol–water partition coefficient (Wildman–Crippen LogP) is -3.03. The molecule has 2 amide bonds. The summed E-state index contributed by atoms with van der Waals surface area (Å²) in [4.78, 5) is 33.4. The van der Waals surface area contributed by atoms with Gasteiger partial charge in [-0.05, 0) is 0 Å². The summed E-state index contributed by atoms with van der Waals surface area (Å²) in [6.07, 6.45) is 0.924. The Hall–Kier alpha value is -1.88. The predicted molar refractivity (Wildman–Crippen MR) is 84.9 cm³/mol. The van der Waals surface area contributed by atoms with E-state index in [0.29, 0.717) is 0 Å². The van der Waals surface area contributed by atoms with E-state index in [0.717, 1.165) is 17.1 Å². The van der Waals surface area contributed by atoms with Crippen molar-refractivity contribution in [1.29, 1.82) is 0 Å². The molecule has 0 N–H and O–H groups in total. The molecule has 0 unspecified atom stereocenters. The minimum absolute atomic E-state index is 0. The van der Waals surface area contributed by atoms with E-state index < -0.39 is 87.2 Å². The minimum atomic E-state index is -5.92. The van der Waals surface area contributed by atoms with Crippen molar-refractivity contribution in [3.63, 3.8) is 0 Å². The van der Waals surface area contributed by atoms with Gasteiger partial charge in [-0.25, -0.2) is 17.2 Å². The number of carbonyl (C=O) groups excluding carboxylic acids is 3. The second kappa shape index (κ2) is 9.94. The van der Waals surface area contributed by atoms with Gasteiger partial charge in [-0.3, -0.25) is 19.3 Å². The molecule has 0 spiro atoms. The summed E-state index contributed by atoms with van der Waals surface area (Å²) in [6.45, 7) is -1.26. The molecule has 0 bridgehead atoms. The van der Waals surface area contributed by atoms with Crippen LogP contribution in [-0.4, -0.2) is 61.7 Å². The normalized spacial score (nSPS) is 21.0. The number of esters is 1. The summed E-state index contributed by atoms with van der Waals surface area (Å²) < 4.78 is 102. The summed E-state index contributed by atoms with van der Waals surface area (Å²) in [7, 11) is -5.92. The molecule has 1 fully saturated rings. The molecule has 0 radical (unpaired) electrons. The number of benzene rings is 1. The summed E-state index contributed by atoms with van der Waals surface area (Å²) in [6, 6.07) is 0. The Morgan fingerprint density at radius 3 is 1.94 bits per heavy atom. The zero-order chi connectivity index (χ0) is 23.1.